The highest BCUT2D eigenvalue weighted by molar-refractivity contribution is 7.86. The van der Waals surface area contributed by atoms with Crippen LogP contribution in [-0.2, 0) is 23.2 Å². The van der Waals surface area contributed by atoms with Crippen molar-refractivity contribution < 1.29 is 17.5 Å². The van der Waals surface area contributed by atoms with Crippen LogP contribution in [0.5, 0.6) is 5.75 Å². The van der Waals surface area contributed by atoms with E-state index < -0.39 is 10.2 Å². The second-order valence-electron chi connectivity index (χ2n) is 6.64. The molecule has 5 nitrogen and oxygen atoms in total. The normalized spacial score (nSPS) is 15.4. The zero-order valence-corrected chi connectivity index (χ0v) is 16.3. The van der Waals surface area contributed by atoms with Gasteiger partial charge in [0.25, 0.3) is 10.2 Å². The molecule has 1 aliphatic heterocycles. The number of ether oxygens (including phenoxy) is 1. The van der Waals surface area contributed by atoms with E-state index in [9.17, 15) is 12.8 Å². The summed E-state index contributed by atoms with van der Waals surface area (Å²) in [4.78, 5) is 0. The van der Waals surface area contributed by atoms with E-state index in [1.807, 2.05) is 24.3 Å². The lowest BCUT2D eigenvalue weighted by Gasteiger charge is -2.28. The van der Waals surface area contributed by atoms with Crippen molar-refractivity contribution in [3.8, 4) is 5.75 Å². The summed E-state index contributed by atoms with van der Waals surface area (Å²) in [5.41, 5.74) is 1.72. The van der Waals surface area contributed by atoms with Crippen LogP contribution in [0, 0.1) is 5.82 Å². The van der Waals surface area contributed by atoms with Crippen molar-refractivity contribution >= 4 is 10.2 Å². The Balaban J connectivity index is 1.82. The lowest BCUT2D eigenvalue weighted by atomic mass is 10.1. The minimum atomic E-state index is -3.57. The van der Waals surface area contributed by atoms with Crippen molar-refractivity contribution in [2.75, 3.05) is 26.7 Å². The molecule has 1 saturated heterocycles. The molecule has 1 aliphatic rings. The predicted molar refractivity (Wildman–Crippen MR) is 103 cm³/mol. The number of rotatable bonds is 8. The van der Waals surface area contributed by atoms with Crippen LogP contribution in [0.15, 0.2) is 48.5 Å². The van der Waals surface area contributed by atoms with Crippen LogP contribution in [0.2, 0.25) is 0 Å². The topological polar surface area (TPSA) is 49.9 Å². The van der Waals surface area contributed by atoms with Gasteiger partial charge in [-0.3, -0.25) is 0 Å². The van der Waals surface area contributed by atoms with Crippen LogP contribution in [0.3, 0.4) is 0 Å². The van der Waals surface area contributed by atoms with Crippen LogP contribution in [0.1, 0.15) is 24.0 Å². The second-order valence-corrected chi connectivity index (χ2v) is 8.56. The molecule has 2 aromatic carbocycles. The maximum absolute atomic E-state index is 13.2. The van der Waals surface area contributed by atoms with E-state index in [0.717, 1.165) is 24.0 Å². The summed E-state index contributed by atoms with van der Waals surface area (Å²) in [7, 11) is -1.99. The van der Waals surface area contributed by atoms with Crippen molar-refractivity contribution in [2.24, 2.45) is 0 Å². The first-order valence-corrected chi connectivity index (χ1v) is 10.5. The summed E-state index contributed by atoms with van der Waals surface area (Å²) in [5, 5.41) is 0. The quantitative estimate of drug-likeness (QED) is 0.693. The van der Waals surface area contributed by atoms with Crippen LogP contribution in [0.25, 0.3) is 0 Å². The maximum atomic E-state index is 13.2. The number of benzene rings is 2. The Labute approximate surface area is 160 Å². The van der Waals surface area contributed by atoms with Crippen molar-refractivity contribution in [3.05, 3.63) is 65.5 Å². The minimum absolute atomic E-state index is 0.240. The van der Waals surface area contributed by atoms with Gasteiger partial charge in [0.2, 0.25) is 0 Å². The summed E-state index contributed by atoms with van der Waals surface area (Å²) < 4.78 is 47.9. The average Bonchev–Trinajstić information content (AvgIpc) is 3.22. The third kappa shape index (κ3) is 4.86. The molecule has 0 aromatic heterocycles. The lowest BCUT2D eigenvalue weighted by molar-refractivity contribution is 0.348. The fraction of sp³-hybridized carbons (Fsp3) is 0.400. The molecule has 0 spiro atoms. The van der Waals surface area contributed by atoms with Gasteiger partial charge in [0.15, 0.2) is 0 Å². The molecule has 146 valence electrons. The van der Waals surface area contributed by atoms with Crippen molar-refractivity contribution in [3.63, 3.8) is 0 Å². The van der Waals surface area contributed by atoms with Gasteiger partial charge in [-0.2, -0.15) is 17.0 Å². The summed E-state index contributed by atoms with van der Waals surface area (Å²) in [5.74, 6) is 0.371. The zero-order chi connectivity index (χ0) is 19.3. The number of nitrogens with zero attached hydrogens (tertiary/aromatic N) is 2. The first-order chi connectivity index (χ1) is 13.0. The molecule has 3 rings (SSSR count). The number of hydrogen-bond donors (Lipinski definition) is 0. The maximum Gasteiger partial charge on any atom is 0.282 e. The van der Waals surface area contributed by atoms with Gasteiger partial charge >= 0.3 is 0 Å². The number of halogens is 1. The molecule has 0 bridgehead atoms. The van der Waals surface area contributed by atoms with Gasteiger partial charge in [-0.25, -0.2) is 4.39 Å². The van der Waals surface area contributed by atoms with Crippen LogP contribution < -0.4 is 4.74 Å². The van der Waals surface area contributed by atoms with Gasteiger partial charge in [-0.15, -0.1) is 0 Å². The van der Waals surface area contributed by atoms with Crippen LogP contribution in [-0.4, -0.2) is 43.8 Å². The average molecular weight is 392 g/mol. The van der Waals surface area contributed by atoms with Gasteiger partial charge in [0.1, 0.15) is 11.6 Å². The van der Waals surface area contributed by atoms with Crippen molar-refractivity contribution in [1.29, 1.82) is 0 Å². The first kappa shape index (κ1) is 19.8. The summed E-state index contributed by atoms with van der Waals surface area (Å²) in [6.45, 7) is 1.68. The molecule has 0 saturated carbocycles. The Morgan fingerprint density at radius 3 is 2.41 bits per heavy atom. The monoisotopic (exact) mass is 392 g/mol. The fourth-order valence-corrected chi connectivity index (χ4v) is 4.96. The standard InChI is InChI=1S/C20H25FN2O3S/c1-26-20-7-3-2-6-18(20)16-23(27(24,25)22-13-4-5-14-22)15-12-17-8-10-19(21)11-9-17/h2-3,6-11H,4-5,12-16H2,1H3. The molecule has 0 atom stereocenters. The third-order valence-electron chi connectivity index (χ3n) is 4.82. The predicted octanol–water partition coefficient (Wildman–Crippen LogP) is 3.22. The molecule has 7 heteroatoms. The minimum Gasteiger partial charge on any atom is -0.496 e. The van der Waals surface area contributed by atoms with Gasteiger partial charge in [0, 0.05) is 31.7 Å². The third-order valence-corrected chi connectivity index (χ3v) is 6.80. The molecular weight excluding hydrogens is 367 g/mol. The number of hydrogen-bond acceptors (Lipinski definition) is 3. The van der Waals surface area contributed by atoms with E-state index in [1.54, 1.807) is 23.5 Å². The summed E-state index contributed by atoms with van der Waals surface area (Å²) in [6, 6.07) is 13.6. The van der Waals surface area contributed by atoms with Crippen molar-refractivity contribution in [1.82, 2.24) is 8.61 Å². The van der Waals surface area contributed by atoms with E-state index in [0.29, 0.717) is 31.8 Å². The Morgan fingerprint density at radius 2 is 1.74 bits per heavy atom. The van der Waals surface area contributed by atoms with E-state index >= 15 is 0 Å². The molecule has 27 heavy (non-hydrogen) atoms. The van der Waals surface area contributed by atoms with Gasteiger partial charge in [-0.05, 0) is 43.0 Å². The van der Waals surface area contributed by atoms with Gasteiger partial charge in [-0.1, -0.05) is 30.3 Å². The second kappa shape index (κ2) is 8.82. The van der Waals surface area contributed by atoms with Crippen LogP contribution >= 0.6 is 0 Å². The van der Waals surface area contributed by atoms with Gasteiger partial charge in [0.05, 0.1) is 7.11 Å². The largest absolute Gasteiger partial charge is 0.496 e. The van der Waals surface area contributed by atoms with E-state index in [1.165, 1.54) is 16.4 Å². The van der Waals surface area contributed by atoms with E-state index in [2.05, 4.69) is 0 Å². The highest BCUT2D eigenvalue weighted by atomic mass is 32.2. The fourth-order valence-electron chi connectivity index (χ4n) is 3.29. The highest BCUT2D eigenvalue weighted by Gasteiger charge is 2.32. The van der Waals surface area contributed by atoms with E-state index in [-0.39, 0.29) is 12.4 Å². The van der Waals surface area contributed by atoms with Crippen LogP contribution in [0.4, 0.5) is 4.39 Å². The Morgan fingerprint density at radius 1 is 1.07 bits per heavy atom. The Bertz CT molecular complexity index is 850. The molecule has 0 N–H and O–H groups in total. The first-order valence-electron chi connectivity index (χ1n) is 9.12. The summed E-state index contributed by atoms with van der Waals surface area (Å²) >= 11 is 0. The highest BCUT2D eigenvalue weighted by Crippen LogP contribution is 2.24. The number of para-hydroxylation sites is 1. The van der Waals surface area contributed by atoms with Crippen molar-refractivity contribution in [2.45, 2.75) is 25.8 Å². The zero-order valence-electron chi connectivity index (χ0n) is 15.5. The lowest BCUT2D eigenvalue weighted by Crippen LogP contribution is -2.43. The smallest absolute Gasteiger partial charge is 0.282 e. The Hall–Kier alpha value is -1.96. The number of methoxy groups -OCH3 is 1. The summed E-state index contributed by atoms with van der Waals surface area (Å²) in [6.07, 6.45) is 2.29. The molecule has 0 amide bonds. The molecule has 0 radical (unpaired) electrons. The molecule has 1 heterocycles. The SMILES string of the molecule is COc1ccccc1CN(CCc1ccc(F)cc1)S(=O)(=O)N1CCCC1. The molecule has 0 unspecified atom stereocenters. The molecule has 0 aliphatic carbocycles. The van der Waals surface area contributed by atoms with E-state index in [4.69, 9.17) is 4.74 Å². The molecular formula is C20H25FN2O3S. The Kier molecular flexibility index (Phi) is 6.46. The molecule has 2 aromatic rings. The molecule has 1 fully saturated rings. The van der Waals surface area contributed by atoms with Gasteiger partial charge < -0.3 is 4.74 Å².